The van der Waals surface area contributed by atoms with E-state index in [1.165, 1.54) is 5.56 Å². The van der Waals surface area contributed by atoms with Gasteiger partial charge in [-0.05, 0) is 36.9 Å². The van der Waals surface area contributed by atoms with Crippen LogP contribution in [0.25, 0.3) is 0 Å². The number of halogens is 1. The molecule has 0 bridgehead atoms. The maximum atomic E-state index is 5.92. The van der Waals surface area contributed by atoms with E-state index in [-0.39, 0.29) is 11.3 Å². The van der Waals surface area contributed by atoms with Gasteiger partial charge in [0.15, 0.2) is 0 Å². The summed E-state index contributed by atoms with van der Waals surface area (Å²) in [7, 11) is 0. The third-order valence-electron chi connectivity index (χ3n) is 3.10. The molecular formula is C16H20ClN5. The van der Waals surface area contributed by atoms with Crippen LogP contribution >= 0.6 is 11.6 Å². The van der Waals surface area contributed by atoms with Crippen LogP contribution < -0.4 is 10.6 Å². The molecule has 6 heteroatoms. The van der Waals surface area contributed by atoms with Gasteiger partial charge in [0.25, 0.3) is 0 Å². The van der Waals surface area contributed by atoms with Gasteiger partial charge in [-0.1, -0.05) is 36.4 Å². The Labute approximate surface area is 135 Å². The van der Waals surface area contributed by atoms with Crippen molar-refractivity contribution in [2.45, 2.75) is 25.8 Å². The summed E-state index contributed by atoms with van der Waals surface area (Å²) in [5.74, 6) is 0.921. The third-order valence-corrected chi connectivity index (χ3v) is 3.27. The number of nitrogens with one attached hydrogen (secondary N) is 2. The maximum Gasteiger partial charge on any atom is 0.229 e. The summed E-state index contributed by atoms with van der Waals surface area (Å²) < 4.78 is 0. The van der Waals surface area contributed by atoms with Gasteiger partial charge in [-0.2, -0.15) is 15.0 Å². The fourth-order valence-corrected chi connectivity index (χ4v) is 2.14. The van der Waals surface area contributed by atoms with Crippen molar-refractivity contribution >= 4 is 23.5 Å². The molecule has 0 saturated heterocycles. The fraction of sp³-hybridized carbons (Fsp3) is 0.312. The predicted octanol–water partition coefficient (Wildman–Crippen LogP) is 3.56. The number of anilines is 2. The highest BCUT2D eigenvalue weighted by atomic mass is 35.5. The lowest BCUT2D eigenvalue weighted by molar-refractivity contribution is 0.698. The van der Waals surface area contributed by atoms with E-state index in [1.807, 2.05) is 6.07 Å². The number of hydrogen-bond donors (Lipinski definition) is 2. The molecule has 22 heavy (non-hydrogen) atoms. The Morgan fingerprint density at radius 1 is 1.18 bits per heavy atom. The van der Waals surface area contributed by atoms with Gasteiger partial charge in [-0.15, -0.1) is 6.58 Å². The molecule has 0 unspecified atom stereocenters. The molecule has 0 radical (unpaired) electrons. The number of aryl methyl sites for hydroxylation is 1. The quantitative estimate of drug-likeness (QED) is 0.729. The number of hydrogen-bond acceptors (Lipinski definition) is 5. The van der Waals surface area contributed by atoms with E-state index in [1.54, 1.807) is 6.08 Å². The molecule has 1 aromatic heterocycles. The molecule has 0 fully saturated rings. The van der Waals surface area contributed by atoms with E-state index in [0.29, 0.717) is 18.4 Å². The van der Waals surface area contributed by atoms with E-state index >= 15 is 0 Å². The van der Waals surface area contributed by atoms with E-state index in [9.17, 15) is 0 Å². The molecule has 0 spiro atoms. The number of nitrogens with zero attached hydrogens (tertiary/aromatic N) is 3. The zero-order chi connectivity index (χ0) is 15.8. The molecule has 1 atom stereocenters. The Morgan fingerprint density at radius 3 is 2.64 bits per heavy atom. The first kappa shape index (κ1) is 16.2. The van der Waals surface area contributed by atoms with Gasteiger partial charge in [0, 0.05) is 12.6 Å². The van der Waals surface area contributed by atoms with Crippen LogP contribution in [-0.2, 0) is 6.42 Å². The van der Waals surface area contributed by atoms with E-state index in [0.717, 1.165) is 12.8 Å². The summed E-state index contributed by atoms with van der Waals surface area (Å²) in [6.07, 6.45) is 3.70. The monoisotopic (exact) mass is 317 g/mol. The van der Waals surface area contributed by atoms with Crippen LogP contribution in [0, 0.1) is 0 Å². The minimum atomic E-state index is 0.166. The Bertz CT molecular complexity index is 603. The average Bonchev–Trinajstić information content (AvgIpc) is 2.51. The van der Waals surface area contributed by atoms with Crippen molar-refractivity contribution in [1.29, 1.82) is 0 Å². The molecule has 5 nitrogen and oxygen atoms in total. The largest absolute Gasteiger partial charge is 0.352 e. The summed E-state index contributed by atoms with van der Waals surface area (Å²) >= 11 is 5.92. The van der Waals surface area contributed by atoms with E-state index in [4.69, 9.17) is 11.6 Å². The molecule has 0 aliphatic heterocycles. The first-order valence-electron chi connectivity index (χ1n) is 7.24. The Hall–Kier alpha value is -2.14. The normalized spacial score (nSPS) is 11.7. The molecule has 2 rings (SSSR count). The third kappa shape index (κ3) is 5.33. The Balaban J connectivity index is 1.91. The maximum absolute atomic E-state index is 5.92. The SMILES string of the molecule is C=CCNc1nc(Cl)nc(N[C@H](C)CCc2ccccc2)n1. The van der Waals surface area contributed by atoms with Gasteiger partial charge in [-0.25, -0.2) is 0 Å². The van der Waals surface area contributed by atoms with Gasteiger partial charge < -0.3 is 10.6 Å². The number of aromatic nitrogens is 3. The second-order valence-corrected chi connectivity index (χ2v) is 5.33. The van der Waals surface area contributed by atoms with Crippen LogP contribution in [0.3, 0.4) is 0 Å². The average molecular weight is 318 g/mol. The molecule has 0 aliphatic carbocycles. The van der Waals surface area contributed by atoms with Crippen molar-refractivity contribution < 1.29 is 0 Å². The molecule has 0 amide bonds. The Morgan fingerprint density at radius 2 is 1.91 bits per heavy atom. The molecule has 1 heterocycles. The highest BCUT2D eigenvalue weighted by molar-refractivity contribution is 6.28. The first-order valence-corrected chi connectivity index (χ1v) is 7.62. The summed E-state index contributed by atoms with van der Waals surface area (Å²) in [6.45, 7) is 6.31. The fourth-order valence-electron chi connectivity index (χ4n) is 1.98. The van der Waals surface area contributed by atoms with Crippen LogP contribution in [0.5, 0.6) is 0 Å². The van der Waals surface area contributed by atoms with Gasteiger partial charge in [-0.3, -0.25) is 0 Å². The zero-order valence-electron chi connectivity index (χ0n) is 12.6. The van der Waals surface area contributed by atoms with Crippen molar-refractivity contribution in [2.75, 3.05) is 17.2 Å². The molecule has 116 valence electrons. The van der Waals surface area contributed by atoms with Gasteiger partial charge in [0.2, 0.25) is 17.2 Å². The summed E-state index contributed by atoms with van der Waals surface area (Å²) in [5, 5.41) is 6.43. The highest BCUT2D eigenvalue weighted by Crippen LogP contribution is 2.12. The predicted molar refractivity (Wildman–Crippen MR) is 91.4 cm³/mol. The lowest BCUT2D eigenvalue weighted by Gasteiger charge is -2.14. The number of benzene rings is 1. The van der Waals surface area contributed by atoms with Crippen molar-refractivity contribution in [1.82, 2.24) is 15.0 Å². The Kier molecular flexibility index (Phi) is 6.15. The summed E-state index contributed by atoms with van der Waals surface area (Å²) in [5.41, 5.74) is 1.32. The van der Waals surface area contributed by atoms with E-state index in [2.05, 4.69) is 63.4 Å². The molecule has 0 saturated carbocycles. The van der Waals surface area contributed by atoms with Gasteiger partial charge >= 0.3 is 0 Å². The molecule has 2 aromatic rings. The van der Waals surface area contributed by atoms with Crippen LogP contribution in [0.4, 0.5) is 11.9 Å². The minimum Gasteiger partial charge on any atom is -0.352 e. The zero-order valence-corrected chi connectivity index (χ0v) is 13.3. The van der Waals surface area contributed by atoms with Crippen LogP contribution in [0.15, 0.2) is 43.0 Å². The van der Waals surface area contributed by atoms with Crippen molar-refractivity contribution in [3.05, 3.63) is 53.8 Å². The van der Waals surface area contributed by atoms with Crippen LogP contribution in [0.2, 0.25) is 5.28 Å². The van der Waals surface area contributed by atoms with Crippen LogP contribution in [0.1, 0.15) is 18.9 Å². The summed E-state index contributed by atoms with van der Waals surface area (Å²) in [4.78, 5) is 12.4. The second kappa shape index (κ2) is 8.34. The number of rotatable bonds is 8. The lowest BCUT2D eigenvalue weighted by atomic mass is 10.1. The first-order chi connectivity index (χ1) is 10.7. The molecule has 2 N–H and O–H groups in total. The second-order valence-electron chi connectivity index (χ2n) is 4.99. The topological polar surface area (TPSA) is 62.7 Å². The van der Waals surface area contributed by atoms with Crippen molar-refractivity contribution in [2.24, 2.45) is 0 Å². The van der Waals surface area contributed by atoms with E-state index < -0.39 is 0 Å². The van der Waals surface area contributed by atoms with Crippen LogP contribution in [-0.4, -0.2) is 27.5 Å². The lowest BCUT2D eigenvalue weighted by Crippen LogP contribution is -2.19. The highest BCUT2D eigenvalue weighted by Gasteiger charge is 2.08. The van der Waals surface area contributed by atoms with Gasteiger partial charge in [0.05, 0.1) is 0 Å². The minimum absolute atomic E-state index is 0.166. The molecule has 1 aromatic carbocycles. The molecular weight excluding hydrogens is 298 g/mol. The smallest absolute Gasteiger partial charge is 0.229 e. The summed E-state index contributed by atoms with van der Waals surface area (Å²) in [6, 6.07) is 10.6. The molecule has 0 aliphatic rings. The van der Waals surface area contributed by atoms with Crippen molar-refractivity contribution in [3.63, 3.8) is 0 Å². The van der Waals surface area contributed by atoms with Gasteiger partial charge in [0.1, 0.15) is 0 Å². The standard InChI is InChI=1S/C16H20ClN5/c1-3-11-18-15-20-14(17)21-16(22-15)19-12(2)9-10-13-7-5-4-6-8-13/h3-8,12H,1,9-11H2,2H3,(H2,18,19,20,21,22)/t12-/m1/s1. The van der Waals surface area contributed by atoms with Crippen molar-refractivity contribution in [3.8, 4) is 0 Å².